The fraction of sp³-hybridized carbons (Fsp3) is 0.176. The average Bonchev–Trinajstić information content (AvgIpc) is 2.52. The Labute approximate surface area is 145 Å². The van der Waals surface area contributed by atoms with Crippen LogP contribution < -0.4 is 20.7 Å². The number of urea groups is 1. The van der Waals surface area contributed by atoms with Crippen LogP contribution in [0, 0.1) is 6.92 Å². The van der Waals surface area contributed by atoms with Gasteiger partial charge in [-0.05, 0) is 42.8 Å². The van der Waals surface area contributed by atoms with Gasteiger partial charge in [0.15, 0.2) is 0 Å². The van der Waals surface area contributed by atoms with E-state index in [1.807, 2.05) is 6.92 Å². The maximum Gasteiger partial charge on any atom is 0.323 e. The summed E-state index contributed by atoms with van der Waals surface area (Å²) in [4.78, 5) is 23.1. The molecule has 2 aromatic carbocycles. The molecule has 0 fully saturated rings. The number of halogens is 1. The molecular formula is C17H18ClN3O3. The molecule has 3 amide bonds. The van der Waals surface area contributed by atoms with Crippen LogP contribution in [-0.4, -0.2) is 19.0 Å². The lowest BCUT2D eigenvalue weighted by Gasteiger charge is -2.13. The molecule has 0 aliphatic rings. The lowest BCUT2D eigenvalue weighted by atomic mass is 10.2. The van der Waals surface area contributed by atoms with Crippen LogP contribution in [0.1, 0.15) is 12.5 Å². The second kappa shape index (κ2) is 7.70. The topological polar surface area (TPSA) is 79.5 Å². The highest BCUT2D eigenvalue weighted by molar-refractivity contribution is 6.31. The van der Waals surface area contributed by atoms with E-state index >= 15 is 0 Å². The van der Waals surface area contributed by atoms with Crippen LogP contribution >= 0.6 is 11.6 Å². The van der Waals surface area contributed by atoms with Gasteiger partial charge in [-0.25, -0.2) is 4.79 Å². The minimum absolute atomic E-state index is 0.154. The highest BCUT2D eigenvalue weighted by atomic mass is 35.5. The van der Waals surface area contributed by atoms with Gasteiger partial charge < -0.3 is 20.7 Å². The van der Waals surface area contributed by atoms with E-state index < -0.39 is 6.03 Å². The van der Waals surface area contributed by atoms with Gasteiger partial charge in [0.1, 0.15) is 5.75 Å². The number of benzene rings is 2. The van der Waals surface area contributed by atoms with E-state index in [0.29, 0.717) is 27.8 Å². The van der Waals surface area contributed by atoms with Gasteiger partial charge >= 0.3 is 6.03 Å². The van der Waals surface area contributed by atoms with Crippen LogP contribution in [0.4, 0.5) is 21.9 Å². The highest BCUT2D eigenvalue weighted by Gasteiger charge is 2.10. The maximum atomic E-state index is 12.1. The third-order valence-corrected chi connectivity index (χ3v) is 3.60. The molecule has 0 bridgehead atoms. The molecule has 2 aromatic rings. The van der Waals surface area contributed by atoms with Gasteiger partial charge in [-0.15, -0.1) is 0 Å². The number of hydrogen-bond donors (Lipinski definition) is 3. The number of hydrogen-bond acceptors (Lipinski definition) is 3. The number of ether oxygens (including phenoxy) is 1. The summed E-state index contributed by atoms with van der Waals surface area (Å²) in [6.07, 6.45) is 0. The fourth-order valence-corrected chi connectivity index (χ4v) is 2.21. The summed E-state index contributed by atoms with van der Waals surface area (Å²) in [6, 6.07) is 9.75. The zero-order chi connectivity index (χ0) is 17.7. The monoisotopic (exact) mass is 347 g/mol. The first-order valence-electron chi connectivity index (χ1n) is 7.19. The van der Waals surface area contributed by atoms with Crippen molar-refractivity contribution in [2.24, 2.45) is 0 Å². The van der Waals surface area contributed by atoms with Crippen LogP contribution in [0.5, 0.6) is 5.75 Å². The summed E-state index contributed by atoms with van der Waals surface area (Å²) >= 11 is 6.04. The molecule has 0 aromatic heterocycles. The summed E-state index contributed by atoms with van der Waals surface area (Å²) < 4.78 is 5.22. The normalized spacial score (nSPS) is 10.0. The number of methoxy groups -OCH3 is 1. The Balaban J connectivity index is 2.05. The molecule has 0 atom stereocenters. The lowest BCUT2D eigenvalue weighted by molar-refractivity contribution is -0.114. The number of aryl methyl sites for hydroxylation is 1. The van der Waals surface area contributed by atoms with Crippen molar-refractivity contribution in [2.75, 3.05) is 23.1 Å². The van der Waals surface area contributed by atoms with E-state index in [-0.39, 0.29) is 5.91 Å². The Morgan fingerprint density at radius 2 is 1.58 bits per heavy atom. The molecule has 24 heavy (non-hydrogen) atoms. The fourth-order valence-electron chi connectivity index (χ4n) is 2.05. The molecule has 2 rings (SSSR count). The minimum Gasteiger partial charge on any atom is -0.495 e. The van der Waals surface area contributed by atoms with Crippen molar-refractivity contribution in [1.29, 1.82) is 0 Å². The predicted molar refractivity (Wildman–Crippen MR) is 96.1 cm³/mol. The summed E-state index contributed by atoms with van der Waals surface area (Å²) in [6.45, 7) is 3.27. The number of carbonyl (C=O) groups is 2. The molecule has 0 saturated carbocycles. The molecule has 0 spiro atoms. The zero-order valence-corrected chi connectivity index (χ0v) is 14.3. The summed E-state index contributed by atoms with van der Waals surface area (Å²) in [5.74, 6) is 0.320. The van der Waals surface area contributed by atoms with Gasteiger partial charge in [-0.2, -0.15) is 0 Å². The first-order valence-corrected chi connectivity index (χ1v) is 7.56. The molecule has 3 N–H and O–H groups in total. The smallest absolute Gasteiger partial charge is 0.323 e. The van der Waals surface area contributed by atoms with Crippen molar-refractivity contribution < 1.29 is 14.3 Å². The van der Waals surface area contributed by atoms with E-state index in [0.717, 1.165) is 5.56 Å². The number of carbonyl (C=O) groups excluding carboxylic acids is 2. The Bertz CT molecular complexity index is 760. The van der Waals surface area contributed by atoms with Crippen molar-refractivity contribution >= 4 is 40.6 Å². The molecule has 0 heterocycles. The molecule has 7 heteroatoms. The van der Waals surface area contributed by atoms with Crippen molar-refractivity contribution in [3.8, 4) is 5.75 Å². The standard InChI is InChI=1S/C17H18ClN3O3/c1-10-8-15(16(24-3)9-14(10)18)21-17(23)20-13-6-4-12(5-7-13)19-11(2)22/h4-9H,1-3H3,(H,19,22)(H2,20,21,23). The average molecular weight is 348 g/mol. The van der Waals surface area contributed by atoms with Gasteiger partial charge in [-0.3, -0.25) is 4.79 Å². The van der Waals surface area contributed by atoms with Crippen LogP contribution in [0.25, 0.3) is 0 Å². The van der Waals surface area contributed by atoms with Gasteiger partial charge in [-0.1, -0.05) is 11.6 Å². The van der Waals surface area contributed by atoms with Crippen molar-refractivity contribution in [3.05, 3.63) is 47.0 Å². The minimum atomic E-state index is -0.415. The van der Waals surface area contributed by atoms with Gasteiger partial charge in [0.25, 0.3) is 0 Å². The van der Waals surface area contributed by atoms with E-state index in [1.165, 1.54) is 14.0 Å². The second-order valence-corrected chi connectivity index (χ2v) is 5.55. The number of anilines is 3. The van der Waals surface area contributed by atoms with E-state index in [2.05, 4.69) is 16.0 Å². The van der Waals surface area contributed by atoms with Crippen molar-refractivity contribution in [3.63, 3.8) is 0 Å². The molecule has 0 saturated heterocycles. The third-order valence-electron chi connectivity index (χ3n) is 3.19. The quantitative estimate of drug-likeness (QED) is 0.773. The molecular weight excluding hydrogens is 330 g/mol. The highest BCUT2D eigenvalue weighted by Crippen LogP contribution is 2.31. The number of nitrogens with one attached hydrogen (secondary N) is 3. The largest absolute Gasteiger partial charge is 0.495 e. The maximum absolute atomic E-state index is 12.1. The molecule has 0 aliphatic carbocycles. The van der Waals surface area contributed by atoms with Crippen molar-refractivity contribution in [1.82, 2.24) is 0 Å². The van der Waals surface area contributed by atoms with E-state index in [9.17, 15) is 9.59 Å². The molecule has 0 radical (unpaired) electrons. The van der Waals surface area contributed by atoms with Crippen LogP contribution in [0.2, 0.25) is 5.02 Å². The lowest BCUT2D eigenvalue weighted by Crippen LogP contribution is -2.20. The Hall–Kier alpha value is -2.73. The zero-order valence-electron chi connectivity index (χ0n) is 13.6. The van der Waals surface area contributed by atoms with Gasteiger partial charge in [0.05, 0.1) is 12.8 Å². The van der Waals surface area contributed by atoms with Gasteiger partial charge in [0.2, 0.25) is 5.91 Å². The Morgan fingerprint density at radius 3 is 2.12 bits per heavy atom. The number of rotatable bonds is 4. The summed E-state index contributed by atoms with van der Waals surface area (Å²) in [5.41, 5.74) is 2.59. The Kier molecular flexibility index (Phi) is 5.65. The SMILES string of the molecule is COc1cc(Cl)c(C)cc1NC(=O)Nc1ccc(NC(C)=O)cc1. The Morgan fingerprint density at radius 1 is 1.00 bits per heavy atom. The summed E-state index contributed by atoms with van der Waals surface area (Å²) in [7, 11) is 1.50. The van der Waals surface area contributed by atoms with Crippen LogP contribution in [0.15, 0.2) is 36.4 Å². The molecule has 126 valence electrons. The summed E-state index contributed by atoms with van der Waals surface area (Å²) in [5, 5.41) is 8.64. The first-order chi connectivity index (χ1) is 11.4. The third kappa shape index (κ3) is 4.63. The number of amides is 3. The van der Waals surface area contributed by atoms with Crippen LogP contribution in [0.3, 0.4) is 0 Å². The van der Waals surface area contributed by atoms with E-state index in [4.69, 9.17) is 16.3 Å². The second-order valence-electron chi connectivity index (χ2n) is 5.14. The van der Waals surface area contributed by atoms with Crippen molar-refractivity contribution in [2.45, 2.75) is 13.8 Å². The van der Waals surface area contributed by atoms with E-state index in [1.54, 1.807) is 36.4 Å². The van der Waals surface area contributed by atoms with Crippen LogP contribution in [-0.2, 0) is 4.79 Å². The molecule has 0 aliphatic heterocycles. The first kappa shape index (κ1) is 17.6. The molecule has 6 nitrogen and oxygen atoms in total. The molecule has 0 unspecified atom stereocenters. The predicted octanol–water partition coefficient (Wildman–Crippen LogP) is 4.26. The van der Waals surface area contributed by atoms with Gasteiger partial charge in [0, 0.05) is 29.4 Å².